The van der Waals surface area contributed by atoms with Gasteiger partial charge in [0.1, 0.15) is 24.4 Å². The Hall–Kier alpha value is -0.420. The van der Waals surface area contributed by atoms with Crippen molar-refractivity contribution in [1.29, 1.82) is 0 Å². The van der Waals surface area contributed by atoms with Crippen LogP contribution < -0.4 is 4.72 Å². The van der Waals surface area contributed by atoms with Crippen LogP contribution in [0.5, 0.6) is 0 Å². The lowest BCUT2D eigenvalue weighted by atomic mass is 9.98. The van der Waals surface area contributed by atoms with E-state index in [0.29, 0.717) is 0 Å². The molecule has 1 saturated heterocycles. The second kappa shape index (κ2) is 6.14. The standard InChI is InChI=1S/C6H13NO11S2/c8-4-2(1-17-20(14,15)16)18-6(10)3(5(4)9)7-19(11,12)13/h2-10H,1H2,(H,11,12,13)(H,14,15,16)/t2?,3?,4-,5+,6-/m1/s1. The molecule has 1 aliphatic heterocycles. The molecule has 0 bridgehead atoms. The van der Waals surface area contributed by atoms with Crippen LogP contribution in [0.3, 0.4) is 0 Å². The molecule has 5 atom stereocenters. The fourth-order valence-electron chi connectivity index (χ4n) is 1.54. The summed E-state index contributed by atoms with van der Waals surface area (Å²) in [7, 11) is -9.62. The van der Waals surface area contributed by atoms with Gasteiger partial charge in [0.15, 0.2) is 6.29 Å². The molecule has 0 aromatic carbocycles. The van der Waals surface area contributed by atoms with Gasteiger partial charge in [0.25, 0.3) is 0 Å². The summed E-state index contributed by atoms with van der Waals surface area (Å²) in [5.41, 5.74) is 0. The molecule has 2 unspecified atom stereocenters. The maximum absolute atomic E-state index is 10.6. The molecule has 120 valence electrons. The van der Waals surface area contributed by atoms with E-state index in [2.05, 4.69) is 8.92 Å². The molecule has 0 aromatic heterocycles. The summed E-state index contributed by atoms with van der Waals surface area (Å²) in [6.07, 6.45) is -7.37. The summed E-state index contributed by atoms with van der Waals surface area (Å²) in [6.45, 7) is -0.938. The zero-order valence-electron chi connectivity index (χ0n) is 9.60. The number of hydrogen-bond donors (Lipinski definition) is 6. The van der Waals surface area contributed by atoms with Crippen LogP contribution in [-0.4, -0.2) is 78.5 Å². The van der Waals surface area contributed by atoms with Crippen molar-refractivity contribution in [3.63, 3.8) is 0 Å². The van der Waals surface area contributed by atoms with E-state index in [1.54, 1.807) is 0 Å². The van der Waals surface area contributed by atoms with Crippen LogP contribution in [0, 0.1) is 0 Å². The van der Waals surface area contributed by atoms with Crippen molar-refractivity contribution >= 4 is 20.7 Å². The first kappa shape index (κ1) is 17.6. The van der Waals surface area contributed by atoms with Crippen molar-refractivity contribution in [2.24, 2.45) is 0 Å². The van der Waals surface area contributed by atoms with Crippen molar-refractivity contribution in [3.8, 4) is 0 Å². The monoisotopic (exact) mass is 339 g/mol. The Bertz CT molecular complexity index is 527. The molecule has 0 amide bonds. The normalized spacial score (nSPS) is 36.0. The molecule has 6 N–H and O–H groups in total. The maximum Gasteiger partial charge on any atom is 0.397 e. The van der Waals surface area contributed by atoms with Crippen LogP contribution in [-0.2, 0) is 29.6 Å². The molecule has 0 spiro atoms. The highest BCUT2D eigenvalue weighted by Crippen LogP contribution is 2.21. The van der Waals surface area contributed by atoms with E-state index >= 15 is 0 Å². The van der Waals surface area contributed by atoms with Crippen LogP contribution in [0.15, 0.2) is 0 Å². The number of hydrogen-bond acceptors (Lipinski definition) is 9. The molecule has 12 nitrogen and oxygen atoms in total. The molecular formula is C6H13NO11S2. The van der Waals surface area contributed by atoms with Gasteiger partial charge >= 0.3 is 20.7 Å². The van der Waals surface area contributed by atoms with Crippen LogP contribution in [0.2, 0.25) is 0 Å². The van der Waals surface area contributed by atoms with Gasteiger partial charge < -0.3 is 20.1 Å². The van der Waals surface area contributed by atoms with E-state index in [9.17, 15) is 32.2 Å². The fraction of sp³-hybridized carbons (Fsp3) is 1.00. The van der Waals surface area contributed by atoms with E-state index in [0.717, 1.165) is 0 Å². The maximum atomic E-state index is 10.6. The zero-order chi connectivity index (χ0) is 15.7. The fourth-order valence-corrected chi connectivity index (χ4v) is 2.44. The molecule has 1 rings (SSSR count). The van der Waals surface area contributed by atoms with Crippen LogP contribution >= 0.6 is 0 Å². The molecule has 0 aromatic rings. The third-order valence-corrected chi connectivity index (χ3v) is 3.39. The molecular weight excluding hydrogens is 326 g/mol. The molecule has 1 fully saturated rings. The molecule has 1 aliphatic rings. The Morgan fingerprint density at radius 1 is 1.05 bits per heavy atom. The minimum absolute atomic E-state index is 0.938. The van der Waals surface area contributed by atoms with Crippen molar-refractivity contribution < 1.29 is 50.2 Å². The lowest BCUT2D eigenvalue weighted by molar-refractivity contribution is -0.250. The second-order valence-corrected chi connectivity index (χ2v) is 6.15. The Morgan fingerprint density at radius 2 is 1.60 bits per heavy atom. The average molecular weight is 339 g/mol. The van der Waals surface area contributed by atoms with Crippen molar-refractivity contribution in [3.05, 3.63) is 0 Å². The minimum Gasteiger partial charge on any atom is -0.388 e. The SMILES string of the molecule is O=S(=O)(O)NC1[C@H](O)OC(COS(=O)(=O)O)[C@@H](O)[C@H]1O. The predicted octanol–water partition coefficient (Wildman–Crippen LogP) is -3.99. The smallest absolute Gasteiger partial charge is 0.388 e. The molecule has 1 heterocycles. The van der Waals surface area contributed by atoms with Gasteiger partial charge in [0, 0.05) is 0 Å². The van der Waals surface area contributed by atoms with E-state index in [1.165, 1.54) is 4.72 Å². The van der Waals surface area contributed by atoms with Crippen LogP contribution in [0.1, 0.15) is 0 Å². The topological polar surface area (TPSA) is 200 Å². The largest absolute Gasteiger partial charge is 0.397 e. The van der Waals surface area contributed by atoms with Gasteiger partial charge in [-0.1, -0.05) is 0 Å². The van der Waals surface area contributed by atoms with Crippen LogP contribution in [0.4, 0.5) is 0 Å². The summed E-state index contributed by atoms with van der Waals surface area (Å²) in [5.74, 6) is 0. The first-order valence-corrected chi connectivity index (χ1v) is 7.77. The molecule has 14 heteroatoms. The second-order valence-electron chi connectivity index (χ2n) is 3.88. The summed E-state index contributed by atoms with van der Waals surface area (Å²) in [5, 5.41) is 28.6. The Kier molecular flexibility index (Phi) is 5.41. The molecule has 0 aliphatic carbocycles. The highest BCUT2D eigenvalue weighted by atomic mass is 32.3. The van der Waals surface area contributed by atoms with Crippen molar-refractivity contribution in [1.82, 2.24) is 4.72 Å². The Labute approximate surface area is 113 Å². The van der Waals surface area contributed by atoms with Gasteiger partial charge in [-0.15, -0.1) is 0 Å². The number of aliphatic hydroxyl groups excluding tert-OH is 3. The van der Waals surface area contributed by atoms with Gasteiger partial charge in [-0.2, -0.15) is 21.6 Å². The summed E-state index contributed by atoms with van der Waals surface area (Å²) < 4.78 is 68.7. The lowest BCUT2D eigenvalue weighted by Gasteiger charge is -2.39. The highest BCUT2D eigenvalue weighted by Gasteiger charge is 2.45. The number of aliphatic hydroxyl groups is 3. The minimum atomic E-state index is -4.83. The van der Waals surface area contributed by atoms with Crippen molar-refractivity contribution in [2.75, 3.05) is 6.61 Å². The Morgan fingerprint density at radius 3 is 2.05 bits per heavy atom. The molecule has 20 heavy (non-hydrogen) atoms. The van der Waals surface area contributed by atoms with Gasteiger partial charge in [-0.05, 0) is 0 Å². The van der Waals surface area contributed by atoms with E-state index in [-0.39, 0.29) is 0 Å². The summed E-state index contributed by atoms with van der Waals surface area (Å²) in [4.78, 5) is 0. The first-order chi connectivity index (χ1) is 8.91. The average Bonchev–Trinajstić information content (AvgIpc) is 2.25. The number of ether oxygens (including phenoxy) is 1. The van der Waals surface area contributed by atoms with Gasteiger partial charge in [-0.3, -0.25) is 9.11 Å². The van der Waals surface area contributed by atoms with Gasteiger partial charge in [0.05, 0.1) is 6.61 Å². The third kappa shape index (κ3) is 5.17. The van der Waals surface area contributed by atoms with E-state index < -0.39 is 58.0 Å². The number of rotatable bonds is 5. The summed E-state index contributed by atoms with van der Waals surface area (Å²) in [6, 6.07) is -1.79. The lowest BCUT2D eigenvalue weighted by Crippen LogP contribution is -2.64. The first-order valence-electron chi connectivity index (χ1n) is 4.97. The van der Waals surface area contributed by atoms with Crippen LogP contribution in [0.25, 0.3) is 0 Å². The third-order valence-electron chi connectivity index (χ3n) is 2.39. The van der Waals surface area contributed by atoms with E-state index in [4.69, 9.17) is 9.11 Å². The number of nitrogens with one attached hydrogen (secondary N) is 1. The highest BCUT2D eigenvalue weighted by molar-refractivity contribution is 7.83. The Balaban J connectivity index is 2.76. The quantitative estimate of drug-likeness (QED) is 0.267. The molecule has 0 radical (unpaired) electrons. The molecule has 0 saturated carbocycles. The predicted molar refractivity (Wildman–Crippen MR) is 58.9 cm³/mol. The van der Waals surface area contributed by atoms with Crippen molar-refractivity contribution in [2.45, 2.75) is 30.6 Å². The zero-order valence-corrected chi connectivity index (χ0v) is 11.2. The van der Waals surface area contributed by atoms with E-state index in [1.807, 2.05) is 0 Å². The van der Waals surface area contributed by atoms with Gasteiger partial charge in [-0.25, -0.2) is 4.18 Å². The summed E-state index contributed by atoms with van der Waals surface area (Å²) >= 11 is 0. The van der Waals surface area contributed by atoms with Gasteiger partial charge in [0.2, 0.25) is 0 Å².